The van der Waals surface area contributed by atoms with Gasteiger partial charge >= 0.3 is 0 Å². The number of aliphatic hydroxyl groups is 2. The van der Waals surface area contributed by atoms with Crippen molar-refractivity contribution in [3.8, 4) is 0 Å². The molecule has 2 N–H and O–H groups in total. The zero-order valence-corrected chi connectivity index (χ0v) is 10.3. The van der Waals surface area contributed by atoms with Gasteiger partial charge in [-0.2, -0.15) is 0 Å². The first-order valence-electron chi connectivity index (χ1n) is 5.98. The Hall–Kier alpha value is -1.32. The Morgan fingerprint density at radius 1 is 1.24 bits per heavy atom. The molecule has 0 amide bonds. The van der Waals surface area contributed by atoms with E-state index in [1.807, 2.05) is 48.9 Å². The van der Waals surface area contributed by atoms with Crippen LogP contribution in [0.25, 0.3) is 10.9 Å². The van der Waals surface area contributed by atoms with Gasteiger partial charge in [0.05, 0.1) is 12.7 Å². The van der Waals surface area contributed by atoms with Crippen molar-refractivity contribution in [2.75, 3.05) is 0 Å². The van der Waals surface area contributed by atoms with Gasteiger partial charge < -0.3 is 14.8 Å². The summed E-state index contributed by atoms with van der Waals surface area (Å²) in [5, 5.41) is 20.2. The van der Waals surface area contributed by atoms with Crippen molar-refractivity contribution in [2.24, 2.45) is 5.92 Å². The summed E-state index contributed by atoms with van der Waals surface area (Å²) in [6.45, 7) is 4.66. The smallest absolute Gasteiger partial charge is 0.0741 e. The summed E-state index contributed by atoms with van der Waals surface area (Å²) >= 11 is 0. The van der Waals surface area contributed by atoms with Crippen molar-refractivity contribution in [1.82, 2.24) is 4.57 Å². The van der Waals surface area contributed by atoms with Crippen LogP contribution in [-0.4, -0.2) is 20.9 Å². The normalized spacial score (nSPS) is 13.5. The molecule has 0 saturated carbocycles. The highest BCUT2D eigenvalue weighted by molar-refractivity contribution is 5.80. The van der Waals surface area contributed by atoms with Gasteiger partial charge in [0, 0.05) is 18.3 Å². The number of aliphatic hydroxyl groups excluding tert-OH is 2. The van der Waals surface area contributed by atoms with Crippen molar-refractivity contribution in [3.05, 3.63) is 36.0 Å². The number of hydrogen-bond donors (Lipinski definition) is 2. The van der Waals surface area contributed by atoms with Gasteiger partial charge in [0.2, 0.25) is 0 Å². The first-order valence-corrected chi connectivity index (χ1v) is 5.98. The molecule has 1 aromatic carbocycles. The third-order valence-corrected chi connectivity index (χ3v) is 3.17. The van der Waals surface area contributed by atoms with Crippen LogP contribution >= 0.6 is 0 Å². The average Bonchev–Trinajstić information content (AvgIpc) is 2.71. The third-order valence-electron chi connectivity index (χ3n) is 3.17. The molecule has 3 nitrogen and oxygen atoms in total. The number of hydrogen-bond acceptors (Lipinski definition) is 2. The molecule has 1 aromatic heterocycles. The lowest BCUT2D eigenvalue weighted by molar-refractivity contribution is 0.108. The van der Waals surface area contributed by atoms with E-state index >= 15 is 0 Å². The van der Waals surface area contributed by atoms with Gasteiger partial charge in [-0.25, -0.2) is 0 Å². The number of nitrogens with zero attached hydrogens (tertiary/aromatic N) is 1. The number of rotatable bonds is 4. The molecule has 0 bridgehead atoms. The largest absolute Gasteiger partial charge is 0.392 e. The molecule has 0 radical (unpaired) electrons. The van der Waals surface area contributed by atoms with Crippen LogP contribution in [0.1, 0.15) is 19.4 Å². The fourth-order valence-electron chi connectivity index (χ4n) is 1.90. The number of fused-ring (bicyclic) bond motifs is 1. The van der Waals surface area contributed by atoms with E-state index in [1.165, 1.54) is 0 Å². The highest BCUT2D eigenvalue weighted by atomic mass is 16.3. The Morgan fingerprint density at radius 3 is 2.65 bits per heavy atom. The van der Waals surface area contributed by atoms with E-state index in [1.54, 1.807) is 0 Å². The zero-order chi connectivity index (χ0) is 12.4. The predicted molar refractivity (Wildman–Crippen MR) is 68.7 cm³/mol. The van der Waals surface area contributed by atoms with E-state index in [9.17, 15) is 5.11 Å². The predicted octanol–water partition coefficient (Wildman–Crippen LogP) is 2.15. The van der Waals surface area contributed by atoms with Gasteiger partial charge in [0.1, 0.15) is 0 Å². The second-order valence-corrected chi connectivity index (χ2v) is 4.83. The van der Waals surface area contributed by atoms with Crippen LogP contribution in [0.5, 0.6) is 0 Å². The maximum Gasteiger partial charge on any atom is 0.0741 e. The topological polar surface area (TPSA) is 45.4 Å². The quantitative estimate of drug-likeness (QED) is 0.850. The van der Waals surface area contributed by atoms with Gasteiger partial charge in [-0.1, -0.05) is 26.0 Å². The van der Waals surface area contributed by atoms with Gasteiger partial charge in [-0.3, -0.25) is 0 Å². The second-order valence-electron chi connectivity index (χ2n) is 4.83. The van der Waals surface area contributed by atoms with Gasteiger partial charge in [-0.15, -0.1) is 0 Å². The standard InChI is InChI=1S/C14H19NO2/c1-10(2)14(17)8-15-6-5-12-4-3-11(9-16)7-13(12)15/h3-7,10,14,16-17H,8-9H2,1-2H3. The molecule has 0 aliphatic heterocycles. The van der Waals surface area contributed by atoms with Crippen LogP contribution in [0, 0.1) is 5.92 Å². The lowest BCUT2D eigenvalue weighted by Gasteiger charge is -2.16. The van der Waals surface area contributed by atoms with Gasteiger partial charge in [0.25, 0.3) is 0 Å². The Kier molecular flexibility index (Phi) is 3.50. The summed E-state index contributed by atoms with van der Waals surface area (Å²) in [6.07, 6.45) is 1.64. The van der Waals surface area contributed by atoms with Gasteiger partial charge in [0.15, 0.2) is 0 Å². The molecule has 1 atom stereocenters. The molecule has 17 heavy (non-hydrogen) atoms. The average molecular weight is 233 g/mol. The van der Waals surface area contributed by atoms with Crippen molar-refractivity contribution in [2.45, 2.75) is 33.1 Å². The summed E-state index contributed by atoms with van der Waals surface area (Å²) < 4.78 is 2.04. The van der Waals surface area contributed by atoms with Crippen molar-refractivity contribution in [3.63, 3.8) is 0 Å². The molecule has 0 spiro atoms. The highest BCUT2D eigenvalue weighted by Gasteiger charge is 2.11. The van der Waals surface area contributed by atoms with E-state index in [-0.39, 0.29) is 18.6 Å². The minimum absolute atomic E-state index is 0.0495. The van der Waals surface area contributed by atoms with Crippen molar-refractivity contribution < 1.29 is 10.2 Å². The van der Waals surface area contributed by atoms with Crippen molar-refractivity contribution in [1.29, 1.82) is 0 Å². The van der Waals surface area contributed by atoms with E-state index < -0.39 is 0 Å². The Bertz CT molecular complexity index is 502. The van der Waals surface area contributed by atoms with Crippen LogP contribution in [0.4, 0.5) is 0 Å². The maximum atomic E-state index is 9.91. The molecule has 1 heterocycles. The Morgan fingerprint density at radius 2 is 2.00 bits per heavy atom. The number of benzene rings is 1. The SMILES string of the molecule is CC(C)C(O)Cn1ccc2ccc(CO)cc21. The molecule has 92 valence electrons. The zero-order valence-electron chi connectivity index (χ0n) is 10.3. The molecule has 0 aliphatic carbocycles. The first-order chi connectivity index (χ1) is 8.11. The molecule has 0 aliphatic rings. The van der Waals surface area contributed by atoms with E-state index in [0.29, 0.717) is 6.54 Å². The molecular weight excluding hydrogens is 214 g/mol. The second kappa shape index (κ2) is 4.90. The lowest BCUT2D eigenvalue weighted by atomic mass is 10.1. The third kappa shape index (κ3) is 2.51. The summed E-state index contributed by atoms with van der Waals surface area (Å²) in [5.74, 6) is 0.244. The van der Waals surface area contributed by atoms with Crippen LogP contribution < -0.4 is 0 Å². The molecule has 2 rings (SSSR count). The Balaban J connectivity index is 2.34. The summed E-state index contributed by atoms with van der Waals surface area (Å²) in [5.41, 5.74) is 1.97. The molecule has 0 saturated heterocycles. The minimum Gasteiger partial charge on any atom is -0.392 e. The van der Waals surface area contributed by atoms with Crippen LogP contribution in [-0.2, 0) is 13.2 Å². The molecular formula is C14H19NO2. The Labute approximate surface area is 101 Å². The van der Waals surface area contributed by atoms with Crippen LogP contribution in [0.15, 0.2) is 30.5 Å². The van der Waals surface area contributed by atoms with Gasteiger partial charge in [-0.05, 0) is 29.0 Å². The summed E-state index contributed by atoms with van der Waals surface area (Å²) in [7, 11) is 0. The molecule has 3 heteroatoms. The van der Waals surface area contributed by atoms with Crippen molar-refractivity contribution >= 4 is 10.9 Å². The number of aromatic nitrogens is 1. The summed E-state index contributed by atoms with van der Waals surface area (Å²) in [4.78, 5) is 0. The highest BCUT2D eigenvalue weighted by Crippen LogP contribution is 2.19. The maximum absolute atomic E-state index is 9.91. The summed E-state index contributed by atoms with van der Waals surface area (Å²) in [6, 6.07) is 7.93. The first kappa shape index (κ1) is 12.1. The van der Waals surface area contributed by atoms with E-state index in [2.05, 4.69) is 0 Å². The van der Waals surface area contributed by atoms with Crippen LogP contribution in [0.2, 0.25) is 0 Å². The monoisotopic (exact) mass is 233 g/mol. The lowest BCUT2D eigenvalue weighted by Crippen LogP contribution is -2.21. The fraction of sp³-hybridized carbons (Fsp3) is 0.429. The van der Waals surface area contributed by atoms with E-state index in [4.69, 9.17) is 5.11 Å². The van der Waals surface area contributed by atoms with E-state index in [0.717, 1.165) is 16.5 Å². The molecule has 2 aromatic rings. The molecule has 1 unspecified atom stereocenters. The minimum atomic E-state index is -0.344. The molecule has 0 fully saturated rings. The fourth-order valence-corrected chi connectivity index (χ4v) is 1.90. The van der Waals surface area contributed by atoms with Crippen LogP contribution in [0.3, 0.4) is 0 Å².